The third kappa shape index (κ3) is 3.44. The van der Waals surface area contributed by atoms with Gasteiger partial charge < -0.3 is 9.84 Å². The van der Waals surface area contributed by atoms with Gasteiger partial charge in [0.2, 0.25) is 0 Å². The summed E-state index contributed by atoms with van der Waals surface area (Å²) in [4.78, 5) is 4.26. The highest BCUT2D eigenvalue weighted by atomic mass is 16.5. The van der Waals surface area contributed by atoms with E-state index < -0.39 is 5.60 Å². The Morgan fingerprint density at radius 2 is 1.96 bits per heavy atom. The maximum absolute atomic E-state index is 10.8. The monoisotopic (exact) mass is 353 g/mol. The lowest BCUT2D eigenvalue weighted by Gasteiger charge is -2.35. The van der Waals surface area contributed by atoms with Crippen molar-refractivity contribution in [2.24, 2.45) is 5.92 Å². The van der Waals surface area contributed by atoms with E-state index in [2.05, 4.69) is 45.7 Å². The first kappa shape index (κ1) is 18.8. The first-order valence-electron chi connectivity index (χ1n) is 9.86. The van der Waals surface area contributed by atoms with Crippen LogP contribution in [0, 0.1) is 5.92 Å². The van der Waals surface area contributed by atoms with Crippen LogP contribution in [0.2, 0.25) is 0 Å². The minimum Gasteiger partial charge on any atom is -0.507 e. The van der Waals surface area contributed by atoms with Crippen molar-refractivity contribution in [3.05, 3.63) is 41.7 Å². The van der Waals surface area contributed by atoms with Crippen LogP contribution in [-0.2, 0) is 5.60 Å². The summed E-state index contributed by atoms with van der Waals surface area (Å²) in [6.45, 7) is 10.9. The second-order valence-corrected chi connectivity index (χ2v) is 8.21. The molecule has 26 heavy (non-hydrogen) atoms. The topological polar surface area (TPSA) is 42.4 Å². The molecule has 0 radical (unpaired) electrons. The maximum atomic E-state index is 10.8. The molecule has 2 unspecified atom stereocenters. The zero-order valence-electron chi connectivity index (χ0n) is 16.7. The zero-order valence-corrected chi connectivity index (χ0v) is 16.7. The number of aromatic hydroxyl groups is 1. The molecule has 0 spiro atoms. The van der Waals surface area contributed by atoms with Crippen LogP contribution in [0.3, 0.4) is 0 Å². The van der Waals surface area contributed by atoms with Crippen LogP contribution >= 0.6 is 0 Å². The molecule has 0 fully saturated rings. The van der Waals surface area contributed by atoms with Gasteiger partial charge in [-0.1, -0.05) is 46.5 Å². The van der Waals surface area contributed by atoms with E-state index in [9.17, 15) is 5.11 Å². The fourth-order valence-corrected chi connectivity index (χ4v) is 3.98. The van der Waals surface area contributed by atoms with Gasteiger partial charge in [0.25, 0.3) is 0 Å². The number of ether oxygens (including phenoxy) is 1. The van der Waals surface area contributed by atoms with Gasteiger partial charge in [-0.2, -0.15) is 0 Å². The van der Waals surface area contributed by atoms with Gasteiger partial charge in [0.05, 0.1) is 5.56 Å². The van der Waals surface area contributed by atoms with E-state index in [1.807, 2.05) is 18.3 Å². The molecule has 0 amide bonds. The van der Waals surface area contributed by atoms with E-state index >= 15 is 0 Å². The summed E-state index contributed by atoms with van der Waals surface area (Å²) in [7, 11) is 0. The summed E-state index contributed by atoms with van der Waals surface area (Å²) in [6.07, 6.45) is 8.62. The van der Waals surface area contributed by atoms with E-state index in [1.165, 1.54) is 25.7 Å². The molecule has 0 aliphatic carbocycles. The van der Waals surface area contributed by atoms with Gasteiger partial charge in [-0.05, 0) is 49.4 Å². The van der Waals surface area contributed by atoms with Crippen molar-refractivity contribution in [1.82, 2.24) is 4.98 Å². The average molecular weight is 354 g/mol. The molecule has 1 aromatic heterocycles. The van der Waals surface area contributed by atoms with Crippen LogP contribution < -0.4 is 4.74 Å². The van der Waals surface area contributed by atoms with Crippen molar-refractivity contribution in [3.63, 3.8) is 0 Å². The van der Waals surface area contributed by atoms with Crippen LogP contribution in [0.15, 0.2) is 30.6 Å². The molecular weight excluding hydrogens is 322 g/mol. The molecule has 3 nitrogen and oxygen atoms in total. The molecule has 0 saturated heterocycles. The van der Waals surface area contributed by atoms with Gasteiger partial charge in [0.15, 0.2) is 0 Å². The summed E-state index contributed by atoms with van der Waals surface area (Å²) in [5.41, 5.74) is 3.50. The zero-order chi connectivity index (χ0) is 18.9. The number of phenols is 1. The quantitative estimate of drug-likeness (QED) is 0.611. The minimum atomic E-state index is -0.438. The summed E-state index contributed by atoms with van der Waals surface area (Å²) in [6, 6.07) is 6.01. The molecule has 3 heteroatoms. The first-order valence-corrected chi connectivity index (χ1v) is 9.86. The molecule has 1 aliphatic rings. The molecular formula is C23H31NO2. The predicted molar refractivity (Wildman–Crippen MR) is 107 cm³/mol. The SMILES string of the molecule is CCCCCC(C)C(C)c1cc(O)c2c(c1)OC(C)(C)c1ccncc1-2. The Kier molecular flexibility index (Phi) is 5.27. The number of fused-ring (bicyclic) bond motifs is 3. The minimum absolute atomic E-state index is 0.287. The molecule has 1 aliphatic heterocycles. The van der Waals surface area contributed by atoms with Crippen molar-refractivity contribution in [2.75, 3.05) is 0 Å². The van der Waals surface area contributed by atoms with E-state index in [-0.39, 0.29) is 5.75 Å². The lowest BCUT2D eigenvalue weighted by molar-refractivity contribution is 0.105. The van der Waals surface area contributed by atoms with Gasteiger partial charge in [-0.15, -0.1) is 0 Å². The molecule has 2 atom stereocenters. The maximum Gasteiger partial charge on any atom is 0.132 e. The van der Waals surface area contributed by atoms with Crippen LogP contribution in [0.1, 0.15) is 77.3 Å². The van der Waals surface area contributed by atoms with Crippen molar-refractivity contribution in [2.45, 2.75) is 71.8 Å². The standard InChI is InChI=1S/C23H31NO2/c1-6-7-8-9-15(2)16(3)17-12-20(25)22-18-14-24-11-10-19(18)23(4,5)26-21(22)13-17/h10-16,25H,6-9H2,1-5H3. The Morgan fingerprint density at radius 1 is 1.19 bits per heavy atom. The molecule has 1 aromatic carbocycles. The van der Waals surface area contributed by atoms with Gasteiger partial charge in [-0.3, -0.25) is 4.98 Å². The molecule has 0 saturated carbocycles. The lowest BCUT2D eigenvalue weighted by atomic mass is 9.82. The van der Waals surface area contributed by atoms with Crippen molar-refractivity contribution in [3.8, 4) is 22.6 Å². The predicted octanol–water partition coefficient (Wildman–Crippen LogP) is 6.40. The second-order valence-electron chi connectivity index (χ2n) is 8.21. The number of rotatable bonds is 6. The molecule has 2 heterocycles. The second kappa shape index (κ2) is 7.30. The fourth-order valence-electron chi connectivity index (χ4n) is 3.98. The van der Waals surface area contributed by atoms with E-state index in [0.717, 1.165) is 28.0 Å². The number of benzene rings is 1. The van der Waals surface area contributed by atoms with Crippen molar-refractivity contribution in [1.29, 1.82) is 0 Å². The summed E-state index contributed by atoms with van der Waals surface area (Å²) in [5.74, 6) is 2.00. The van der Waals surface area contributed by atoms with Gasteiger partial charge >= 0.3 is 0 Å². The summed E-state index contributed by atoms with van der Waals surface area (Å²) in [5, 5.41) is 10.8. The highest BCUT2D eigenvalue weighted by molar-refractivity contribution is 5.81. The lowest BCUT2D eigenvalue weighted by Crippen LogP contribution is -2.29. The normalized spacial score (nSPS) is 17.0. The van der Waals surface area contributed by atoms with Crippen LogP contribution in [-0.4, -0.2) is 10.1 Å². The number of nitrogens with zero attached hydrogens (tertiary/aromatic N) is 1. The third-order valence-electron chi connectivity index (χ3n) is 5.85. The highest BCUT2D eigenvalue weighted by Gasteiger charge is 2.34. The highest BCUT2D eigenvalue weighted by Crippen LogP contribution is 2.50. The smallest absolute Gasteiger partial charge is 0.132 e. The van der Waals surface area contributed by atoms with Gasteiger partial charge in [0.1, 0.15) is 17.1 Å². The summed E-state index contributed by atoms with van der Waals surface area (Å²) >= 11 is 0. The molecule has 2 aromatic rings. The Bertz CT molecular complexity index is 782. The number of aromatic nitrogens is 1. The number of hydrogen-bond donors (Lipinski definition) is 1. The summed E-state index contributed by atoms with van der Waals surface area (Å²) < 4.78 is 6.31. The number of pyridine rings is 1. The Labute approximate surface area is 157 Å². The molecule has 140 valence electrons. The largest absolute Gasteiger partial charge is 0.507 e. The van der Waals surface area contributed by atoms with Crippen molar-refractivity contribution >= 4 is 0 Å². The molecule has 1 N–H and O–H groups in total. The molecule has 0 bridgehead atoms. The van der Waals surface area contributed by atoms with Crippen LogP contribution in [0.4, 0.5) is 0 Å². The van der Waals surface area contributed by atoms with Crippen LogP contribution in [0.25, 0.3) is 11.1 Å². The number of phenolic OH excluding ortho intramolecular Hbond substituents is 1. The van der Waals surface area contributed by atoms with E-state index in [4.69, 9.17) is 4.74 Å². The molecule has 3 rings (SSSR count). The Balaban J connectivity index is 1.96. The van der Waals surface area contributed by atoms with E-state index in [0.29, 0.717) is 11.8 Å². The van der Waals surface area contributed by atoms with Crippen LogP contribution in [0.5, 0.6) is 11.5 Å². The Morgan fingerprint density at radius 3 is 2.69 bits per heavy atom. The number of hydrogen-bond acceptors (Lipinski definition) is 3. The Hall–Kier alpha value is -2.03. The number of unbranched alkanes of at least 4 members (excludes halogenated alkanes) is 2. The third-order valence-corrected chi connectivity index (χ3v) is 5.85. The van der Waals surface area contributed by atoms with E-state index in [1.54, 1.807) is 6.20 Å². The average Bonchev–Trinajstić information content (AvgIpc) is 2.60. The fraction of sp³-hybridized carbons (Fsp3) is 0.522. The van der Waals surface area contributed by atoms with Gasteiger partial charge in [0, 0.05) is 23.5 Å². The first-order chi connectivity index (χ1) is 12.3. The van der Waals surface area contributed by atoms with Crippen molar-refractivity contribution < 1.29 is 9.84 Å². The van der Waals surface area contributed by atoms with Gasteiger partial charge in [-0.25, -0.2) is 0 Å².